The van der Waals surface area contributed by atoms with Crippen LogP contribution in [0.5, 0.6) is 0 Å². The lowest BCUT2D eigenvalue weighted by atomic mass is 9.72. The van der Waals surface area contributed by atoms with Crippen LogP contribution in [-0.2, 0) is 19.8 Å². The first-order valence-corrected chi connectivity index (χ1v) is 6.70. The summed E-state index contributed by atoms with van der Waals surface area (Å²) in [5, 5.41) is 5.11. The first-order chi connectivity index (χ1) is 9.48. The minimum absolute atomic E-state index is 0. The number of imide groups is 1. The van der Waals surface area contributed by atoms with Gasteiger partial charge in [0.2, 0.25) is 17.7 Å². The second-order valence-corrected chi connectivity index (χ2v) is 5.07. The van der Waals surface area contributed by atoms with Crippen molar-refractivity contribution in [3.05, 3.63) is 29.8 Å². The van der Waals surface area contributed by atoms with Crippen molar-refractivity contribution in [2.45, 2.75) is 38.5 Å². The Balaban J connectivity index is 0.00000220. The number of carbonyl (C=O) groups is 3. The van der Waals surface area contributed by atoms with Crippen molar-refractivity contribution in [3.8, 4) is 0 Å². The zero-order valence-corrected chi connectivity index (χ0v) is 12.9. The molecular weight excluding hydrogens is 292 g/mol. The van der Waals surface area contributed by atoms with Crippen molar-refractivity contribution in [3.63, 3.8) is 0 Å². The molecule has 21 heavy (non-hydrogen) atoms. The highest BCUT2D eigenvalue weighted by molar-refractivity contribution is 6.03. The van der Waals surface area contributed by atoms with Crippen molar-refractivity contribution >= 4 is 35.8 Å². The fourth-order valence-corrected chi connectivity index (χ4v) is 2.64. The molecule has 1 aliphatic heterocycles. The SMILES string of the molecule is CC[C@@]1(c2ccc(NC(C)=O)cc2)CCC(=O)NC1=O.Cl. The fraction of sp³-hybridized carbons (Fsp3) is 0.400. The fourth-order valence-electron chi connectivity index (χ4n) is 2.64. The van der Waals surface area contributed by atoms with Crippen LogP contribution in [0.4, 0.5) is 5.69 Å². The lowest BCUT2D eigenvalue weighted by Gasteiger charge is -2.35. The average molecular weight is 311 g/mol. The molecule has 1 saturated heterocycles. The van der Waals surface area contributed by atoms with Gasteiger partial charge in [0.25, 0.3) is 0 Å². The minimum Gasteiger partial charge on any atom is -0.326 e. The highest BCUT2D eigenvalue weighted by atomic mass is 35.5. The number of anilines is 1. The molecule has 1 aromatic rings. The summed E-state index contributed by atoms with van der Waals surface area (Å²) in [6, 6.07) is 7.23. The monoisotopic (exact) mass is 310 g/mol. The van der Waals surface area contributed by atoms with Gasteiger partial charge in [-0.25, -0.2) is 0 Å². The number of hydrogen-bond acceptors (Lipinski definition) is 3. The van der Waals surface area contributed by atoms with Crippen molar-refractivity contribution in [1.82, 2.24) is 5.32 Å². The molecule has 5 nitrogen and oxygen atoms in total. The molecule has 0 aromatic heterocycles. The molecule has 0 radical (unpaired) electrons. The summed E-state index contributed by atoms with van der Waals surface area (Å²) < 4.78 is 0. The van der Waals surface area contributed by atoms with Gasteiger partial charge < -0.3 is 5.32 Å². The first-order valence-electron chi connectivity index (χ1n) is 6.70. The van der Waals surface area contributed by atoms with Gasteiger partial charge in [-0.1, -0.05) is 19.1 Å². The van der Waals surface area contributed by atoms with Crippen LogP contribution in [0.1, 0.15) is 38.7 Å². The van der Waals surface area contributed by atoms with Crippen LogP contribution < -0.4 is 10.6 Å². The van der Waals surface area contributed by atoms with E-state index in [-0.39, 0.29) is 30.1 Å². The number of carbonyl (C=O) groups excluding carboxylic acids is 3. The topological polar surface area (TPSA) is 75.3 Å². The van der Waals surface area contributed by atoms with Gasteiger partial charge in [0.1, 0.15) is 0 Å². The van der Waals surface area contributed by atoms with Gasteiger partial charge in [0, 0.05) is 19.0 Å². The summed E-state index contributed by atoms with van der Waals surface area (Å²) in [5.41, 5.74) is 0.918. The molecule has 1 atom stereocenters. The van der Waals surface area contributed by atoms with E-state index in [0.717, 1.165) is 5.56 Å². The van der Waals surface area contributed by atoms with E-state index in [0.29, 0.717) is 24.9 Å². The van der Waals surface area contributed by atoms with Gasteiger partial charge in [-0.3, -0.25) is 19.7 Å². The van der Waals surface area contributed by atoms with Gasteiger partial charge in [0.05, 0.1) is 5.41 Å². The number of hydrogen-bond donors (Lipinski definition) is 2. The minimum atomic E-state index is -0.650. The standard InChI is InChI=1S/C15H18N2O3.ClH/c1-3-15(9-8-13(19)17-14(15)20)11-4-6-12(7-5-11)16-10(2)18;/h4-7H,3,8-9H2,1-2H3,(H,16,18)(H,17,19,20);1H/t15-;/m0./s1. The number of halogens is 1. The molecule has 0 aliphatic carbocycles. The van der Waals surface area contributed by atoms with Gasteiger partial charge in [-0.05, 0) is 30.5 Å². The Labute approximate surface area is 129 Å². The molecule has 1 fully saturated rings. The molecule has 0 spiro atoms. The van der Waals surface area contributed by atoms with Gasteiger partial charge in [-0.2, -0.15) is 0 Å². The number of rotatable bonds is 3. The molecular formula is C15H19ClN2O3. The Bertz CT molecular complexity index is 557. The molecule has 1 aromatic carbocycles. The summed E-state index contributed by atoms with van der Waals surface area (Å²) in [4.78, 5) is 34.5. The summed E-state index contributed by atoms with van der Waals surface area (Å²) in [5.74, 6) is -0.582. The van der Waals surface area contributed by atoms with Crippen LogP contribution >= 0.6 is 12.4 Å². The number of amides is 3. The molecule has 0 unspecified atom stereocenters. The Morgan fingerprint density at radius 2 is 1.90 bits per heavy atom. The largest absolute Gasteiger partial charge is 0.326 e. The summed E-state index contributed by atoms with van der Waals surface area (Å²) >= 11 is 0. The summed E-state index contributed by atoms with van der Waals surface area (Å²) in [7, 11) is 0. The third kappa shape index (κ3) is 3.42. The molecule has 2 rings (SSSR count). The highest BCUT2D eigenvalue weighted by Crippen LogP contribution is 2.36. The average Bonchev–Trinajstić information content (AvgIpc) is 2.40. The van der Waals surface area contributed by atoms with Crippen molar-refractivity contribution in [1.29, 1.82) is 0 Å². The van der Waals surface area contributed by atoms with E-state index in [9.17, 15) is 14.4 Å². The van der Waals surface area contributed by atoms with Crippen LogP contribution in [0.25, 0.3) is 0 Å². The molecule has 6 heteroatoms. The predicted molar refractivity (Wildman–Crippen MR) is 82.3 cm³/mol. The van der Waals surface area contributed by atoms with Crippen LogP contribution in [0.3, 0.4) is 0 Å². The van der Waals surface area contributed by atoms with Crippen LogP contribution in [-0.4, -0.2) is 17.7 Å². The van der Waals surface area contributed by atoms with Crippen molar-refractivity contribution in [2.75, 3.05) is 5.32 Å². The zero-order chi connectivity index (χ0) is 14.8. The number of benzene rings is 1. The maximum Gasteiger partial charge on any atom is 0.237 e. The molecule has 2 N–H and O–H groups in total. The van der Waals surface area contributed by atoms with Gasteiger partial charge in [0.15, 0.2) is 0 Å². The van der Waals surface area contributed by atoms with E-state index in [1.54, 1.807) is 12.1 Å². The van der Waals surface area contributed by atoms with E-state index in [1.165, 1.54) is 6.92 Å². The predicted octanol–water partition coefficient (Wildman–Crippen LogP) is 2.15. The van der Waals surface area contributed by atoms with E-state index >= 15 is 0 Å². The van der Waals surface area contributed by atoms with Crippen LogP contribution in [0.2, 0.25) is 0 Å². The van der Waals surface area contributed by atoms with Crippen molar-refractivity contribution < 1.29 is 14.4 Å². The Morgan fingerprint density at radius 3 is 2.38 bits per heavy atom. The molecule has 114 valence electrons. The Kier molecular flexibility index (Phi) is 5.49. The molecule has 0 bridgehead atoms. The van der Waals surface area contributed by atoms with E-state index in [2.05, 4.69) is 10.6 Å². The maximum absolute atomic E-state index is 12.2. The van der Waals surface area contributed by atoms with Crippen LogP contribution in [0.15, 0.2) is 24.3 Å². The molecule has 1 heterocycles. The maximum atomic E-state index is 12.2. The molecule has 1 aliphatic rings. The van der Waals surface area contributed by atoms with Crippen LogP contribution in [0, 0.1) is 0 Å². The molecule has 0 saturated carbocycles. The van der Waals surface area contributed by atoms with Crippen molar-refractivity contribution in [2.24, 2.45) is 0 Å². The second-order valence-electron chi connectivity index (χ2n) is 5.07. The highest BCUT2D eigenvalue weighted by Gasteiger charge is 2.42. The normalized spacial score (nSPS) is 21.2. The van der Waals surface area contributed by atoms with E-state index < -0.39 is 5.41 Å². The zero-order valence-electron chi connectivity index (χ0n) is 12.1. The third-order valence-electron chi connectivity index (χ3n) is 3.83. The summed E-state index contributed by atoms with van der Waals surface area (Å²) in [6.45, 7) is 3.39. The Hall–Kier alpha value is -1.88. The lowest BCUT2D eigenvalue weighted by molar-refractivity contribution is -0.138. The van der Waals surface area contributed by atoms with Gasteiger partial charge >= 0.3 is 0 Å². The van der Waals surface area contributed by atoms with Gasteiger partial charge in [-0.15, -0.1) is 12.4 Å². The first kappa shape index (κ1) is 17.2. The summed E-state index contributed by atoms with van der Waals surface area (Å²) in [6.07, 6.45) is 1.51. The Morgan fingerprint density at radius 1 is 1.29 bits per heavy atom. The van der Waals surface area contributed by atoms with E-state index in [4.69, 9.17) is 0 Å². The number of nitrogens with one attached hydrogen (secondary N) is 2. The molecule has 3 amide bonds. The smallest absolute Gasteiger partial charge is 0.237 e. The van der Waals surface area contributed by atoms with E-state index in [1.807, 2.05) is 19.1 Å². The lowest BCUT2D eigenvalue weighted by Crippen LogP contribution is -2.51. The quantitative estimate of drug-likeness (QED) is 0.840. The second kappa shape index (κ2) is 6.72. The number of piperidine rings is 1. The third-order valence-corrected chi connectivity index (χ3v) is 3.83.